The van der Waals surface area contributed by atoms with Gasteiger partial charge < -0.3 is 15.7 Å². The number of nitrogens with one attached hydrogen (secondary N) is 2. The van der Waals surface area contributed by atoms with Crippen LogP contribution < -0.4 is 10.6 Å². The number of aliphatic carboxylic acids is 1. The zero-order chi connectivity index (χ0) is 18.8. The Morgan fingerprint density at radius 2 is 1.78 bits per heavy atom. The first-order chi connectivity index (χ1) is 13.1. The average Bonchev–Trinajstić information content (AvgIpc) is 3.31. The highest BCUT2D eigenvalue weighted by Crippen LogP contribution is 2.38. The number of aryl methyl sites for hydroxylation is 2. The molecular formula is C21H23N3O3. The van der Waals surface area contributed by atoms with Gasteiger partial charge in [-0.15, -0.1) is 0 Å². The Kier molecular flexibility index (Phi) is 4.79. The molecule has 2 aliphatic rings. The van der Waals surface area contributed by atoms with Crippen molar-refractivity contribution in [3.63, 3.8) is 0 Å². The lowest BCUT2D eigenvalue weighted by Gasteiger charge is -2.19. The summed E-state index contributed by atoms with van der Waals surface area (Å²) < 4.78 is 0. The number of carbonyl (C=O) groups excluding carboxylic acids is 1. The van der Waals surface area contributed by atoms with E-state index in [0.717, 1.165) is 44.2 Å². The van der Waals surface area contributed by atoms with Crippen LogP contribution in [0, 0.1) is 0 Å². The molecule has 0 radical (unpaired) electrons. The molecule has 3 N–H and O–H groups in total. The Labute approximate surface area is 158 Å². The molecule has 0 bridgehead atoms. The smallest absolute Gasteiger partial charge is 0.326 e. The van der Waals surface area contributed by atoms with Gasteiger partial charge >= 0.3 is 12.0 Å². The van der Waals surface area contributed by atoms with Gasteiger partial charge in [0.05, 0.1) is 0 Å². The zero-order valence-corrected chi connectivity index (χ0v) is 15.1. The number of carbonyl (C=O) groups is 2. The molecule has 140 valence electrons. The van der Waals surface area contributed by atoms with Crippen LogP contribution in [-0.4, -0.2) is 28.1 Å². The number of pyridine rings is 1. The van der Waals surface area contributed by atoms with Gasteiger partial charge in [0.25, 0.3) is 0 Å². The Bertz CT molecular complexity index is 848. The lowest BCUT2D eigenvalue weighted by atomic mass is 9.99. The Morgan fingerprint density at radius 1 is 1.07 bits per heavy atom. The first-order valence-electron chi connectivity index (χ1n) is 9.48. The van der Waals surface area contributed by atoms with Crippen molar-refractivity contribution in [2.24, 2.45) is 0 Å². The second-order valence-corrected chi connectivity index (χ2v) is 7.25. The topological polar surface area (TPSA) is 91.3 Å². The van der Waals surface area contributed by atoms with Gasteiger partial charge in [-0.3, -0.25) is 4.98 Å². The Morgan fingerprint density at radius 3 is 2.37 bits per heavy atom. The molecule has 4 rings (SSSR count). The molecule has 0 saturated heterocycles. The van der Waals surface area contributed by atoms with E-state index in [-0.39, 0.29) is 6.42 Å². The predicted octanol–water partition coefficient (Wildman–Crippen LogP) is 2.88. The number of aromatic nitrogens is 1. The molecule has 1 aromatic heterocycles. The van der Waals surface area contributed by atoms with Gasteiger partial charge in [0.2, 0.25) is 0 Å². The molecular weight excluding hydrogens is 342 g/mol. The molecule has 1 aromatic carbocycles. The van der Waals surface area contributed by atoms with E-state index in [0.29, 0.717) is 5.69 Å². The van der Waals surface area contributed by atoms with E-state index in [9.17, 15) is 14.7 Å². The van der Waals surface area contributed by atoms with Crippen molar-refractivity contribution in [1.29, 1.82) is 0 Å². The number of hydrogen-bond acceptors (Lipinski definition) is 3. The summed E-state index contributed by atoms with van der Waals surface area (Å²) in [5.74, 6) is -1.07. The SMILES string of the molecule is O=C(Nc1c2c(cc3c1CCC3)CCC2)N[C@H](Cc1ccccn1)C(=O)O. The van der Waals surface area contributed by atoms with Gasteiger partial charge in [-0.1, -0.05) is 12.1 Å². The number of amides is 2. The van der Waals surface area contributed by atoms with Gasteiger partial charge in [0.15, 0.2) is 0 Å². The second kappa shape index (κ2) is 7.39. The molecule has 6 heteroatoms. The lowest BCUT2D eigenvalue weighted by molar-refractivity contribution is -0.139. The van der Waals surface area contributed by atoms with Crippen molar-refractivity contribution in [2.45, 2.75) is 51.0 Å². The van der Waals surface area contributed by atoms with Crippen molar-refractivity contribution in [2.75, 3.05) is 5.32 Å². The highest BCUT2D eigenvalue weighted by atomic mass is 16.4. The summed E-state index contributed by atoms with van der Waals surface area (Å²) in [7, 11) is 0. The van der Waals surface area contributed by atoms with Gasteiger partial charge in [-0.25, -0.2) is 9.59 Å². The van der Waals surface area contributed by atoms with Crippen molar-refractivity contribution in [1.82, 2.24) is 10.3 Å². The molecule has 0 aliphatic heterocycles. The fourth-order valence-electron chi connectivity index (χ4n) is 4.20. The molecule has 6 nitrogen and oxygen atoms in total. The van der Waals surface area contributed by atoms with Crippen LogP contribution in [0.5, 0.6) is 0 Å². The highest BCUT2D eigenvalue weighted by Gasteiger charge is 2.26. The number of nitrogens with zero attached hydrogens (tertiary/aromatic N) is 1. The maximum absolute atomic E-state index is 12.6. The Balaban J connectivity index is 1.52. The number of hydrogen-bond donors (Lipinski definition) is 3. The molecule has 2 aromatic rings. The average molecular weight is 365 g/mol. The van der Waals surface area contributed by atoms with E-state index in [1.165, 1.54) is 22.3 Å². The van der Waals surface area contributed by atoms with Crippen molar-refractivity contribution in [3.05, 3.63) is 58.4 Å². The maximum Gasteiger partial charge on any atom is 0.326 e. The highest BCUT2D eigenvalue weighted by molar-refractivity contribution is 5.94. The molecule has 1 atom stereocenters. The quantitative estimate of drug-likeness (QED) is 0.760. The molecule has 2 amide bonds. The summed E-state index contributed by atoms with van der Waals surface area (Å²) in [5, 5.41) is 15.1. The maximum atomic E-state index is 12.6. The van der Waals surface area contributed by atoms with Gasteiger partial charge in [-0.2, -0.15) is 0 Å². The van der Waals surface area contributed by atoms with Crippen LogP contribution in [-0.2, 0) is 36.9 Å². The van der Waals surface area contributed by atoms with E-state index in [4.69, 9.17) is 0 Å². The summed E-state index contributed by atoms with van der Waals surface area (Å²) in [6, 6.07) is 6.15. The van der Waals surface area contributed by atoms with E-state index in [2.05, 4.69) is 21.7 Å². The largest absolute Gasteiger partial charge is 0.480 e. The molecule has 0 fully saturated rings. The van der Waals surface area contributed by atoms with Crippen molar-refractivity contribution in [3.8, 4) is 0 Å². The van der Waals surface area contributed by atoms with Crippen LogP contribution in [0.25, 0.3) is 0 Å². The third-order valence-electron chi connectivity index (χ3n) is 5.45. The normalized spacial score (nSPS) is 15.7. The van der Waals surface area contributed by atoms with E-state index < -0.39 is 18.0 Å². The number of urea groups is 1. The Hall–Kier alpha value is -2.89. The second-order valence-electron chi connectivity index (χ2n) is 7.25. The predicted molar refractivity (Wildman–Crippen MR) is 102 cm³/mol. The number of fused-ring (bicyclic) bond motifs is 2. The fraction of sp³-hybridized carbons (Fsp3) is 0.381. The monoisotopic (exact) mass is 365 g/mol. The zero-order valence-electron chi connectivity index (χ0n) is 15.1. The third-order valence-corrected chi connectivity index (χ3v) is 5.45. The van der Waals surface area contributed by atoms with Crippen LogP contribution in [0.4, 0.5) is 10.5 Å². The lowest BCUT2D eigenvalue weighted by Crippen LogP contribution is -2.44. The first-order valence-corrected chi connectivity index (χ1v) is 9.48. The summed E-state index contributed by atoms with van der Waals surface area (Å²) in [4.78, 5) is 28.4. The summed E-state index contributed by atoms with van der Waals surface area (Å²) in [6.45, 7) is 0. The molecule has 1 heterocycles. The molecule has 0 unspecified atom stereocenters. The number of anilines is 1. The van der Waals surface area contributed by atoms with Crippen LogP contribution >= 0.6 is 0 Å². The van der Waals surface area contributed by atoms with E-state index >= 15 is 0 Å². The number of carboxylic acid groups (broad SMARTS) is 1. The molecule has 27 heavy (non-hydrogen) atoms. The minimum absolute atomic E-state index is 0.147. The van der Waals surface area contributed by atoms with Gasteiger partial charge in [0.1, 0.15) is 6.04 Å². The van der Waals surface area contributed by atoms with E-state index in [1.807, 2.05) is 0 Å². The molecule has 2 aliphatic carbocycles. The third kappa shape index (κ3) is 3.65. The van der Waals surface area contributed by atoms with Crippen LogP contribution in [0.2, 0.25) is 0 Å². The number of rotatable bonds is 5. The summed E-state index contributed by atoms with van der Waals surface area (Å²) in [5.41, 5.74) is 6.65. The van der Waals surface area contributed by atoms with Crippen molar-refractivity contribution >= 4 is 17.7 Å². The van der Waals surface area contributed by atoms with Gasteiger partial charge in [-0.05, 0) is 72.9 Å². The van der Waals surface area contributed by atoms with Crippen molar-refractivity contribution < 1.29 is 14.7 Å². The fourth-order valence-corrected chi connectivity index (χ4v) is 4.20. The standard InChI is InChI=1S/C21H23N3O3/c25-20(26)18(12-15-7-1-2-10-22-15)23-21(27)24-19-16-8-3-5-13(16)11-14-6-4-9-17(14)19/h1-2,7,10-11,18H,3-6,8-9,12H2,(H,25,26)(H2,23,24,27)/t18-/m1/s1. The summed E-state index contributed by atoms with van der Waals surface area (Å²) in [6.07, 6.45) is 8.01. The minimum atomic E-state index is -1.07. The molecule has 0 spiro atoms. The van der Waals surface area contributed by atoms with Crippen LogP contribution in [0.15, 0.2) is 30.5 Å². The minimum Gasteiger partial charge on any atom is -0.480 e. The van der Waals surface area contributed by atoms with E-state index in [1.54, 1.807) is 24.4 Å². The van der Waals surface area contributed by atoms with Crippen LogP contribution in [0.3, 0.4) is 0 Å². The molecule has 0 saturated carbocycles. The summed E-state index contributed by atoms with van der Waals surface area (Å²) >= 11 is 0. The van der Waals surface area contributed by atoms with Crippen LogP contribution in [0.1, 0.15) is 40.8 Å². The first kappa shape index (κ1) is 17.5. The van der Waals surface area contributed by atoms with Gasteiger partial charge in [0, 0.05) is 24.0 Å². The number of carboxylic acids is 1. The number of benzene rings is 1.